The number of amides is 1. The van der Waals surface area contributed by atoms with Crippen molar-refractivity contribution >= 4 is 17.8 Å². The van der Waals surface area contributed by atoms with Crippen LogP contribution in [0.4, 0.5) is 11.9 Å². The summed E-state index contributed by atoms with van der Waals surface area (Å²) < 4.78 is 0. The van der Waals surface area contributed by atoms with Crippen LogP contribution in [0.2, 0.25) is 0 Å². The molecule has 0 aliphatic carbocycles. The molecule has 0 unspecified atom stereocenters. The predicted molar refractivity (Wildman–Crippen MR) is 95.6 cm³/mol. The Hall–Kier alpha value is -1.96. The van der Waals surface area contributed by atoms with Gasteiger partial charge in [0.25, 0.3) is 0 Å². The summed E-state index contributed by atoms with van der Waals surface area (Å²) in [5.74, 6) is 2.57. The average Bonchev–Trinajstić information content (AvgIpc) is 2.55. The molecule has 1 N–H and O–H groups in total. The van der Waals surface area contributed by atoms with E-state index in [1.54, 1.807) is 0 Å². The lowest BCUT2D eigenvalue weighted by Crippen LogP contribution is -2.50. The van der Waals surface area contributed by atoms with Gasteiger partial charge >= 0.3 is 0 Å². The molecule has 1 amide bonds. The molecule has 1 aliphatic heterocycles. The molecule has 0 atom stereocenters. The number of anilines is 2. The second kappa shape index (κ2) is 8.23. The fraction of sp³-hybridized carbons (Fsp3) is 0.750. The van der Waals surface area contributed by atoms with Crippen molar-refractivity contribution in [2.45, 2.75) is 26.7 Å². The number of hydrogen-bond acceptors (Lipinski definition) is 7. The highest BCUT2D eigenvalue weighted by Crippen LogP contribution is 2.18. The summed E-state index contributed by atoms with van der Waals surface area (Å²) in [6.45, 7) is 10.5. The minimum atomic E-state index is 0.0862. The Morgan fingerprint density at radius 3 is 2.38 bits per heavy atom. The third-order valence-electron chi connectivity index (χ3n) is 3.94. The number of carbonyl (C=O) groups excluding carboxylic acids is 1. The molecular formula is C16H29N7O. The van der Waals surface area contributed by atoms with Gasteiger partial charge in [0.1, 0.15) is 5.82 Å². The summed E-state index contributed by atoms with van der Waals surface area (Å²) >= 11 is 0. The van der Waals surface area contributed by atoms with E-state index in [0.29, 0.717) is 19.0 Å². The molecule has 134 valence electrons. The molecule has 2 heterocycles. The van der Waals surface area contributed by atoms with Crippen LogP contribution in [0.25, 0.3) is 0 Å². The normalized spacial score (nSPS) is 15.7. The van der Waals surface area contributed by atoms with Crippen LogP contribution in [0.15, 0.2) is 0 Å². The number of likely N-dealkylation sites (N-methyl/N-ethyl adjacent to an activating group) is 1. The van der Waals surface area contributed by atoms with Gasteiger partial charge < -0.3 is 15.1 Å². The molecule has 0 radical (unpaired) electrons. The summed E-state index contributed by atoms with van der Waals surface area (Å²) in [4.78, 5) is 31.7. The van der Waals surface area contributed by atoms with Crippen LogP contribution in [-0.4, -0.2) is 79.1 Å². The SMILES string of the molecule is CCNC(=O)CN1CCN(c2nc(C(C)C)nc(N(C)C)n2)CC1. The standard InChI is InChI=1S/C16H29N7O/c1-6-17-13(24)11-22-7-9-23(10-8-22)16-19-14(12(2)3)18-15(20-16)21(4)5/h12H,6-11H2,1-5H3,(H,17,24). The van der Waals surface area contributed by atoms with E-state index < -0.39 is 0 Å². The molecule has 2 rings (SSSR count). The van der Waals surface area contributed by atoms with E-state index in [0.717, 1.165) is 38.0 Å². The van der Waals surface area contributed by atoms with Crippen LogP contribution < -0.4 is 15.1 Å². The third kappa shape index (κ3) is 4.77. The van der Waals surface area contributed by atoms with Crippen LogP contribution >= 0.6 is 0 Å². The van der Waals surface area contributed by atoms with Crippen LogP contribution in [0.3, 0.4) is 0 Å². The van der Waals surface area contributed by atoms with E-state index in [1.807, 2.05) is 25.9 Å². The first-order valence-corrected chi connectivity index (χ1v) is 8.58. The maximum atomic E-state index is 11.7. The zero-order valence-electron chi connectivity index (χ0n) is 15.4. The molecule has 8 nitrogen and oxygen atoms in total. The summed E-state index contributed by atoms with van der Waals surface area (Å²) in [7, 11) is 3.88. The highest BCUT2D eigenvalue weighted by atomic mass is 16.2. The van der Waals surface area contributed by atoms with Crippen LogP contribution in [0.5, 0.6) is 0 Å². The Morgan fingerprint density at radius 2 is 1.83 bits per heavy atom. The van der Waals surface area contributed by atoms with Gasteiger partial charge in [-0.05, 0) is 6.92 Å². The number of piperazine rings is 1. The lowest BCUT2D eigenvalue weighted by atomic mass is 10.2. The molecule has 1 aliphatic rings. The van der Waals surface area contributed by atoms with Gasteiger partial charge in [0, 0.05) is 52.7 Å². The molecule has 24 heavy (non-hydrogen) atoms. The van der Waals surface area contributed by atoms with Crippen molar-refractivity contribution in [2.24, 2.45) is 0 Å². The smallest absolute Gasteiger partial charge is 0.234 e. The third-order valence-corrected chi connectivity index (χ3v) is 3.94. The Kier molecular flexibility index (Phi) is 6.30. The Bertz CT molecular complexity index is 527. The molecule has 0 saturated carbocycles. The summed E-state index contributed by atoms with van der Waals surface area (Å²) in [5, 5.41) is 2.84. The van der Waals surface area contributed by atoms with Gasteiger partial charge in [-0.25, -0.2) is 0 Å². The maximum Gasteiger partial charge on any atom is 0.234 e. The van der Waals surface area contributed by atoms with E-state index in [1.165, 1.54) is 0 Å². The lowest BCUT2D eigenvalue weighted by Gasteiger charge is -2.34. The monoisotopic (exact) mass is 335 g/mol. The van der Waals surface area contributed by atoms with E-state index in [2.05, 4.69) is 43.9 Å². The highest BCUT2D eigenvalue weighted by Gasteiger charge is 2.22. The van der Waals surface area contributed by atoms with E-state index in [4.69, 9.17) is 0 Å². The molecule has 1 saturated heterocycles. The Balaban J connectivity index is 2.04. The highest BCUT2D eigenvalue weighted by molar-refractivity contribution is 5.77. The first-order chi connectivity index (χ1) is 11.4. The van der Waals surface area contributed by atoms with Crippen molar-refractivity contribution in [1.29, 1.82) is 0 Å². The average molecular weight is 335 g/mol. The van der Waals surface area contributed by atoms with Gasteiger partial charge in [0.05, 0.1) is 6.54 Å². The summed E-state index contributed by atoms with van der Waals surface area (Å²) in [6, 6.07) is 0. The van der Waals surface area contributed by atoms with Gasteiger partial charge in [-0.15, -0.1) is 0 Å². The van der Waals surface area contributed by atoms with Crippen molar-refractivity contribution in [3.63, 3.8) is 0 Å². The number of nitrogens with zero attached hydrogens (tertiary/aromatic N) is 6. The van der Waals surface area contributed by atoms with Crippen LogP contribution in [0.1, 0.15) is 32.5 Å². The number of carbonyl (C=O) groups is 1. The van der Waals surface area contributed by atoms with E-state index in [-0.39, 0.29) is 11.8 Å². The van der Waals surface area contributed by atoms with Crippen molar-refractivity contribution < 1.29 is 4.79 Å². The first-order valence-electron chi connectivity index (χ1n) is 8.58. The predicted octanol–water partition coefficient (Wildman–Crippen LogP) is 0.319. The van der Waals surface area contributed by atoms with E-state index in [9.17, 15) is 4.79 Å². The van der Waals surface area contributed by atoms with Gasteiger partial charge in [0.2, 0.25) is 17.8 Å². The Labute approximate surface area is 144 Å². The molecule has 0 spiro atoms. The molecule has 1 fully saturated rings. The van der Waals surface area contributed by atoms with Crippen molar-refractivity contribution in [3.05, 3.63) is 5.82 Å². The maximum absolute atomic E-state index is 11.7. The lowest BCUT2D eigenvalue weighted by molar-refractivity contribution is -0.122. The quantitative estimate of drug-likeness (QED) is 0.802. The second-order valence-electron chi connectivity index (χ2n) is 6.56. The van der Waals surface area contributed by atoms with Crippen molar-refractivity contribution in [2.75, 3.05) is 63.2 Å². The fourth-order valence-electron chi connectivity index (χ4n) is 2.53. The van der Waals surface area contributed by atoms with Crippen molar-refractivity contribution in [1.82, 2.24) is 25.2 Å². The zero-order valence-corrected chi connectivity index (χ0v) is 15.4. The molecule has 0 bridgehead atoms. The zero-order chi connectivity index (χ0) is 17.7. The molecule has 0 aromatic carbocycles. The molecular weight excluding hydrogens is 306 g/mol. The summed E-state index contributed by atoms with van der Waals surface area (Å²) in [5.41, 5.74) is 0. The van der Waals surface area contributed by atoms with Gasteiger partial charge in [-0.2, -0.15) is 15.0 Å². The van der Waals surface area contributed by atoms with Crippen LogP contribution in [-0.2, 0) is 4.79 Å². The van der Waals surface area contributed by atoms with E-state index >= 15 is 0 Å². The van der Waals surface area contributed by atoms with Crippen molar-refractivity contribution in [3.8, 4) is 0 Å². The minimum absolute atomic E-state index is 0.0862. The molecule has 1 aromatic rings. The Morgan fingerprint density at radius 1 is 1.17 bits per heavy atom. The number of aromatic nitrogens is 3. The fourth-order valence-corrected chi connectivity index (χ4v) is 2.53. The first kappa shape index (κ1) is 18.4. The van der Waals surface area contributed by atoms with Gasteiger partial charge in [-0.3, -0.25) is 9.69 Å². The number of hydrogen-bond donors (Lipinski definition) is 1. The molecule has 8 heteroatoms. The topological polar surface area (TPSA) is 77.5 Å². The molecule has 1 aromatic heterocycles. The second-order valence-corrected chi connectivity index (χ2v) is 6.56. The van der Waals surface area contributed by atoms with Gasteiger partial charge in [0.15, 0.2) is 0 Å². The number of nitrogens with one attached hydrogen (secondary N) is 1. The largest absolute Gasteiger partial charge is 0.355 e. The minimum Gasteiger partial charge on any atom is -0.355 e. The summed E-state index contributed by atoms with van der Waals surface area (Å²) in [6.07, 6.45) is 0. The van der Waals surface area contributed by atoms with Crippen LogP contribution in [0, 0.1) is 0 Å². The number of rotatable bonds is 6. The van der Waals surface area contributed by atoms with Gasteiger partial charge in [-0.1, -0.05) is 13.8 Å².